The van der Waals surface area contributed by atoms with E-state index in [-0.39, 0.29) is 0 Å². The average Bonchev–Trinajstić information content (AvgIpc) is 3.26. The fourth-order valence-corrected chi connectivity index (χ4v) is 3.78. The van der Waals surface area contributed by atoms with Gasteiger partial charge in [-0.25, -0.2) is 4.68 Å². The first kappa shape index (κ1) is 18.9. The number of rotatable bonds is 7. The molecule has 1 fully saturated rings. The molecule has 4 heteroatoms. The van der Waals surface area contributed by atoms with Crippen molar-refractivity contribution in [1.29, 1.82) is 0 Å². The van der Waals surface area contributed by atoms with E-state index in [9.17, 15) is 0 Å². The van der Waals surface area contributed by atoms with Crippen LogP contribution in [0.3, 0.4) is 0 Å². The number of benzene rings is 2. The van der Waals surface area contributed by atoms with Crippen LogP contribution < -0.4 is 5.32 Å². The van der Waals surface area contributed by atoms with Crippen LogP contribution in [-0.4, -0.2) is 27.8 Å². The lowest BCUT2D eigenvalue weighted by Crippen LogP contribution is -2.32. The Morgan fingerprint density at radius 1 is 0.893 bits per heavy atom. The predicted molar refractivity (Wildman–Crippen MR) is 114 cm³/mol. The number of nitrogens with one attached hydrogen (secondary N) is 1. The molecule has 1 saturated heterocycles. The molecule has 0 spiro atoms. The molecule has 0 amide bonds. The van der Waals surface area contributed by atoms with E-state index in [2.05, 4.69) is 70.8 Å². The lowest BCUT2D eigenvalue weighted by molar-refractivity contribution is 0.185. The number of aromatic nitrogens is 2. The highest BCUT2D eigenvalue weighted by atomic mass is 15.3. The number of hydrogen-bond acceptors (Lipinski definition) is 3. The summed E-state index contributed by atoms with van der Waals surface area (Å²) in [6.45, 7) is 7.69. The highest BCUT2D eigenvalue weighted by molar-refractivity contribution is 5.33. The third-order valence-electron chi connectivity index (χ3n) is 5.67. The van der Waals surface area contributed by atoms with E-state index in [0.29, 0.717) is 0 Å². The fourth-order valence-electron chi connectivity index (χ4n) is 3.78. The van der Waals surface area contributed by atoms with Crippen LogP contribution in [0.25, 0.3) is 5.69 Å². The molecule has 2 heterocycles. The zero-order valence-corrected chi connectivity index (χ0v) is 16.7. The maximum Gasteiger partial charge on any atom is 0.0645 e. The summed E-state index contributed by atoms with van der Waals surface area (Å²) in [4.78, 5) is 2.58. The lowest BCUT2D eigenvalue weighted by Gasteiger charge is -2.30. The molecule has 0 saturated carbocycles. The van der Waals surface area contributed by atoms with Crippen molar-refractivity contribution in [1.82, 2.24) is 20.0 Å². The highest BCUT2D eigenvalue weighted by Gasteiger charge is 2.15. The monoisotopic (exact) mass is 374 g/mol. The van der Waals surface area contributed by atoms with Gasteiger partial charge in [-0.15, -0.1) is 0 Å². The zero-order chi connectivity index (χ0) is 19.2. The van der Waals surface area contributed by atoms with Crippen LogP contribution in [0.4, 0.5) is 0 Å². The smallest absolute Gasteiger partial charge is 0.0645 e. The maximum absolute atomic E-state index is 4.26. The lowest BCUT2D eigenvalue weighted by atomic mass is 9.99. The summed E-state index contributed by atoms with van der Waals surface area (Å²) >= 11 is 0. The molecule has 0 radical (unpaired) electrons. The van der Waals surface area contributed by atoms with E-state index in [1.807, 2.05) is 16.9 Å². The minimum Gasteiger partial charge on any atom is -0.309 e. The van der Waals surface area contributed by atoms with Crippen molar-refractivity contribution >= 4 is 0 Å². The average molecular weight is 375 g/mol. The zero-order valence-electron chi connectivity index (χ0n) is 16.7. The van der Waals surface area contributed by atoms with Gasteiger partial charge >= 0.3 is 0 Å². The molecule has 0 bridgehead atoms. The summed E-state index contributed by atoms with van der Waals surface area (Å²) in [5.74, 6) is 0.895. The molecule has 0 atom stereocenters. The number of hydrogen-bond donors (Lipinski definition) is 1. The second-order valence-corrected chi connectivity index (χ2v) is 8.00. The molecular weight excluding hydrogens is 344 g/mol. The minimum absolute atomic E-state index is 0.868. The Labute approximate surface area is 168 Å². The van der Waals surface area contributed by atoms with Crippen LogP contribution in [-0.2, 0) is 19.6 Å². The Balaban J connectivity index is 1.23. The third kappa shape index (κ3) is 5.09. The summed E-state index contributed by atoms with van der Waals surface area (Å²) in [6, 6.07) is 19.6. The minimum atomic E-state index is 0.868. The molecule has 1 aromatic heterocycles. The quantitative estimate of drug-likeness (QED) is 0.666. The molecule has 0 aliphatic carbocycles. The molecule has 3 aromatic rings. The Morgan fingerprint density at radius 2 is 1.50 bits per heavy atom. The van der Waals surface area contributed by atoms with Crippen molar-refractivity contribution < 1.29 is 0 Å². The Hall–Kier alpha value is -2.43. The molecule has 28 heavy (non-hydrogen) atoms. The van der Waals surface area contributed by atoms with Gasteiger partial charge in [0.1, 0.15) is 0 Å². The van der Waals surface area contributed by atoms with Gasteiger partial charge in [-0.3, -0.25) is 4.90 Å². The summed E-state index contributed by atoms with van der Waals surface area (Å²) in [6.07, 6.45) is 6.44. The van der Waals surface area contributed by atoms with E-state index < -0.39 is 0 Å². The number of nitrogens with zero attached hydrogens (tertiary/aromatic N) is 3. The summed E-state index contributed by atoms with van der Waals surface area (Å²) in [5.41, 5.74) is 5.14. The first-order valence-electron chi connectivity index (χ1n) is 10.4. The Kier molecular flexibility index (Phi) is 6.20. The van der Waals surface area contributed by atoms with Crippen molar-refractivity contribution in [2.45, 2.75) is 39.4 Å². The van der Waals surface area contributed by atoms with Crippen molar-refractivity contribution in [3.05, 3.63) is 83.7 Å². The van der Waals surface area contributed by atoms with Crippen molar-refractivity contribution in [3.63, 3.8) is 0 Å². The SMILES string of the molecule is CC1CCN(Cc2ccc(CNCc3ccc(-n4cccn4)cc3)cc2)CC1. The molecule has 1 aliphatic heterocycles. The van der Waals surface area contributed by atoms with Gasteiger partial charge in [-0.05, 0) is 66.7 Å². The molecule has 2 aromatic carbocycles. The van der Waals surface area contributed by atoms with E-state index in [4.69, 9.17) is 0 Å². The standard InChI is InChI=1S/C24H30N4/c1-20-11-15-27(16-12-20)19-23-5-3-21(4-6-23)17-25-18-22-7-9-24(10-8-22)28-14-2-13-26-28/h2-10,13-14,20,25H,11-12,15-19H2,1H3. The van der Waals surface area contributed by atoms with Gasteiger partial charge in [0.25, 0.3) is 0 Å². The Bertz CT molecular complexity index is 829. The summed E-state index contributed by atoms with van der Waals surface area (Å²) in [7, 11) is 0. The van der Waals surface area contributed by atoms with Crippen LogP contribution >= 0.6 is 0 Å². The van der Waals surface area contributed by atoms with Crippen LogP contribution in [0.15, 0.2) is 67.0 Å². The summed E-state index contributed by atoms with van der Waals surface area (Å²) in [5, 5.41) is 7.81. The van der Waals surface area contributed by atoms with Gasteiger partial charge < -0.3 is 5.32 Å². The predicted octanol–water partition coefficient (Wildman–Crippen LogP) is 4.39. The maximum atomic E-state index is 4.26. The van der Waals surface area contributed by atoms with Crippen LogP contribution in [0.5, 0.6) is 0 Å². The molecule has 0 unspecified atom stereocenters. The topological polar surface area (TPSA) is 33.1 Å². The van der Waals surface area contributed by atoms with Gasteiger partial charge in [0.15, 0.2) is 0 Å². The summed E-state index contributed by atoms with van der Waals surface area (Å²) < 4.78 is 1.88. The van der Waals surface area contributed by atoms with Crippen LogP contribution in [0.2, 0.25) is 0 Å². The second kappa shape index (κ2) is 9.18. The highest BCUT2D eigenvalue weighted by Crippen LogP contribution is 2.18. The molecule has 4 nitrogen and oxygen atoms in total. The van der Waals surface area contributed by atoms with E-state index in [1.54, 1.807) is 6.20 Å². The number of likely N-dealkylation sites (tertiary alicyclic amines) is 1. The second-order valence-electron chi connectivity index (χ2n) is 8.00. The third-order valence-corrected chi connectivity index (χ3v) is 5.67. The first-order chi connectivity index (χ1) is 13.8. The molecule has 1 aliphatic rings. The van der Waals surface area contributed by atoms with Crippen molar-refractivity contribution in [3.8, 4) is 5.69 Å². The molecule has 1 N–H and O–H groups in total. The molecular formula is C24H30N4. The van der Waals surface area contributed by atoms with E-state index in [1.165, 1.54) is 42.6 Å². The molecule has 4 rings (SSSR count). The van der Waals surface area contributed by atoms with Gasteiger partial charge in [0, 0.05) is 32.0 Å². The van der Waals surface area contributed by atoms with Crippen molar-refractivity contribution in [2.75, 3.05) is 13.1 Å². The largest absolute Gasteiger partial charge is 0.309 e. The van der Waals surface area contributed by atoms with Crippen LogP contribution in [0, 0.1) is 5.92 Å². The normalized spacial score (nSPS) is 15.8. The van der Waals surface area contributed by atoms with Gasteiger partial charge in [0.05, 0.1) is 5.69 Å². The Morgan fingerprint density at radius 3 is 2.11 bits per heavy atom. The van der Waals surface area contributed by atoms with Gasteiger partial charge in [-0.1, -0.05) is 43.3 Å². The fraction of sp³-hybridized carbons (Fsp3) is 0.375. The van der Waals surface area contributed by atoms with Gasteiger partial charge in [0.2, 0.25) is 0 Å². The molecule has 146 valence electrons. The van der Waals surface area contributed by atoms with Gasteiger partial charge in [-0.2, -0.15) is 5.10 Å². The number of piperidine rings is 1. The van der Waals surface area contributed by atoms with E-state index in [0.717, 1.165) is 31.2 Å². The van der Waals surface area contributed by atoms with E-state index >= 15 is 0 Å². The first-order valence-corrected chi connectivity index (χ1v) is 10.4. The van der Waals surface area contributed by atoms with Crippen molar-refractivity contribution in [2.24, 2.45) is 5.92 Å². The van der Waals surface area contributed by atoms with Crippen LogP contribution in [0.1, 0.15) is 36.5 Å².